The van der Waals surface area contributed by atoms with Gasteiger partial charge < -0.3 is 19.3 Å². The fourth-order valence-corrected chi connectivity index (χ4v) is 2.97. The van der Waals surface area contributed by atoms with Gasteiger partial charge in [0.15, 0.2) is 5.16 Å². The number of carbonyl (C=O) groups excluding carboxylic acids is 1. The number of aliphatic hydroxyl groups is 1. The van der Waals surface area contributed by atoms with Crippen LogP contribution in [0, 0.1) is 0 Å². The van der Waals surface area contributed by atoms with E-state index in [0.717, 1.165) is 23.0 Å². The van der Waals surface area contributed by atoms with Crippen LogP contribution in [0.1, 0.15) is 18.5 Å². The highest BCUT2D eigenvalue weighted by atomic mass is 32.2. The Morgan fingerprint density at radius 2 is 2.25 bits per heavy atom. The smallest absolute Gasteiger partial charge is 0.222 e. The first-order valence-corrected chi connectivity index (χ1v) is 7.80. The fraction of sp³-hybridized carbons (Fsp3) is 0.692. The van der Waals surface area contributed by atoms with E-state index in [1.807, 2.05) is 16.5 Å². The average molecular weight is 299 g/mol. The van der Waals surface area contributed by atoms with Crippen LogP contribution in [-0.2, 0) is 23.2 Å². The first-order chi connectivity index (χ1) is 9.72. The maximum absolute atomic E-state index is 11.9. The third-order valence-electron chi connectivity index (χ3n) is 3.33. The van der Waals surface area contributed by atoms with Gasteiger partial charge in [-0.05, 0) is 6.42 Å². The largest absolute Gasteiger partial charge is 0.390 e. The summed E-state index contributed by atoms with van der Waals surface area (Å²) in [5.41, 5.74) is 0.803. The van der Waals surface area contributed by atoms with Crippen molar-refractivity contribution in [2.45, 2.75) is 24.6 Å². The molecule has 0 spiro atoms. The van der Waals surface area contributed by atoms with Gasteiger partial charge in [-0.15, -0.1) is 0 Å². The highest BCUT2D eigenvalue weighted by Crippen LogP contribution is 2.19. The highest BCUT2D eigenvalue weighted by molar-refractivity contribution is 7.99. The molecule has 0 saturated carbocycles. The Morgan fingerprint density at radius 3 is 2.90 bits per heavy atom. The number of aromatic nitrogens is 2. The van der Waals surface area contributed by atoms with Crippen LogP contribution in [0.25, 0.3) is 0 Å². The summed E-state index contributed by atoms with van der Waals surface area (Å²) in [6, 6.07) is 0. The standard InChI is InChI=1S/C13H21N3O3S/c1-15-11(10-17)9-14-13(15)20-8-2-3-12(18)16-4-6-19-7-5-16/h9,17H,2-8,10H2,1H3. The van der Waals surface area contributed by atoms with Crippen LogP contribution < -0.4 is 0 Å². The Bertz CT molecular complexity index is 444. The molecule has 1 N–H and O–H groups in total. The van der Waals surface area contributed by atoms with Gasteiger partial charge in [-0.1, -0.05) is 11.8 Å². The Morgan fingerprint density at radius 1 is 1.50 bits per heavy atom. The van der Waals surface area contributed by atoms with E-state index < -0.39 is 0 Å². The number of hydrogen-bond acceptors (Lipinski definition) is 5. The second kappa shape index (κ2) is 7.66. The molecule has 7 heteroatoms. The molecule has 6 nitrogen and oxygen atoms in total. The quantitative estimate of drug-likeness (QED) is 0.617. The number of ether oxygens (including phenoxy) is 1. The molecular weight excluding hydrogens is 278 g/mol. The molecule has 112 valence electrons. The van der Waals surface area contributed by atoms with Gasteiger partial charge in [0, 0.05) is 32.3 Å². The van der Waals surface area contributed by atoms with Crippen molar-refractivity contribution in [3.05, 3.63) is 11.9 Å². The van der Waals surface area contributed by atoms with Gasteiger partial charge in [-0.3, -0.25) is 4.79 Å². The minimum absolute atomic E-state index is 0.000420. The van der Waals surface area contributed by atoms with Crippen molar-refractivity contribution in [1.29, 1.82) is 0 Å². The second-order valence-electron chi connectivity index (χ2n) is 4.69. The summed E-state index contributed by atoms with van der Waals surface area (Å²) in [4.78, 5) is 18.1. The predicted molar refractivity (Wildman–Crippen MR) is 76.5 cm³/mol. The number of morpholine rings is 1. The Kier molecular flexibility index (Phi) is 5.87. The lowest BCUT2D eigenvalue weighted by molar-refractivity contribution is -0.135. The van der Waals surface area contributed by atoms with Crippen LogP contribution in [0.4, 0.5) is 0 Å². The van der Waals surface area contributed by atoms with E-state index in [1.54, 1.807) is 18.0 Å². The maximum Gasteiger partial charge on any atom is 0.222 e. The van der Waals surface area contributed by atoms with Crippen LogP contribution in [0.3, 0.4) is 0 Å². The number of hydrogen-bond donors (Lipinski definition) is 1. The van der Waals surface area contributed by atoms with Crippen molar-refractivity contribution < 1.29 is 14.6 Å². The molecule has 0 radical (unpaired) electrons. The molecule has 1 aromatic heterocycles. The van der Waals surface area contributed by atoms with Gasteiger partial charge >= 0.3 is 0 Å². The van der Waals surface area contributed by atoms with E-state index in [2.05, 4.69) is 4.98 Å². The van der Waals surface area contributed by atoms with Crippen molar-refractivity contribution >= 4 is 17.7 Å². The normalized spacial score (nSPS) is 15.6. The van der Waals surface area contributed by atoms with Crippen LogP contribution in [0.15, 0.2) is 11.4 Å². The minimum Gasteiger partial charge on any atom is -0.390 e. The zero-order chi connectivity index (χ0) is 14.4. The number of amides is 1. The molecule has 20 heavy (non-hydrogen) atoms. The van der Waals surface area contributed by atoms with E-state index in [-0.39, 0.29) is 12.5 Å². The van der Waals surface area contributed by atoms with Gasteiger partial charge in [0.1, 0.15) is 0 Å². The molecule has 0 atom stereocenters. The molecule has 1 fully saturated rings. The minimum atomic E-state index is -0.000420. The van der Waals surface area contributed by atoms with E-state index in [0.29, 0.717) is 32.7 Å². The number of carbonyl (C=O) groups is 1. The number of imidazole rings is 1. The van der Waals surface area contributed by atoms with Crippen molar-refractivity contribution in [3.8, 4) is 0 Å². The van der Waals surface area contributed by atoms with Gasteiger partial charge in [-0.25, -0.2) is 4.98 Å². The first-order valence-electron chi connectivity index (χ1n) is 6.82. The van der Waals surface area contributed by atoms with E-state index in [9.17, 15) is 4.79 Å². The lowest BCUT2D eigenvalue weighted by atomic mass is 10.3. The molecule has 0 bridgehead atoms. The molecule has 1 aromatic rings. The third kappa shape index (κ3) is 3.97. The Hall–Kier alpha value is -1.05. The molecule has 2 rings (SSSR count). The monoisotopic (exact) mass is 299 g/mol. The Labute approximate surface area is 123 Å². The molecule has 0 aliphatic carbocycles. The van der Waals surface area contributed by atoms with Crippen molar-refractivity contribution in [3.63, 3.8) is 0 Å². The summed E-state index contributed by atoms with van der Waals surface area (Å²) >= 11 is 1.62. The Balaban J connectivity index is 1.68. The SMILES string of the molecule is Cn1c(CO)cnc1SCCCC(=O)N1CCOCC1. The third-order valence-corrected chi connectivity index (χ3v) is 4.46. The second-order valence-corrected chi connectivity index (χ2v) is 5.76. The lowest BCUT2D eigenvalue weighted by Gasteiger charge is -2.26. The molecule has 1 amide bonds. The van der Waals surface area contributed by atoms with Crippen molar-refractivity contribution in [1.82, 2.24) is 14.5 Å². The molecule has 1 aliphatic heterocycles. The number of rotatable bonds is 6. The zero-order valence-corrected chi connectivity index (χ0v) is 12.6. The maximum atomic E-state index is 11.9. The van der Waals surface area contributed by atoms with Crippen LogP contribution in [0.2, 0.25) is 0 Å². The van der Waals surface area contributed by atoms with Gasteiger partial charge in [0.2, 0.25) is 5.91 Å². The van der Waals surface area contributed by atoms with E-state index in [1.165, 1.54) is 0 Å². The summed E-state index contributed by atoms with van der Waals surface area (Å²) in [5.74, 6) is 1.07. The summed E-state index contributed by atoms with van der Waals surface area (Å²) in [6.07, 6.45) is 3.09. The molecule has 0 unspecified atom stereocenters. The summed E-state index contributed by atoms with van der Waals surface area (Å²) < 4.78 is 7.11. The summed E-state index contributed by atoms with van der Waals surface area (Å²) in [5, 5.41) is 9.97. The summed E-state index contributed by atoms with van der Waals surface area (Å²) in [6.45, 7) is 2.73. The van der Waals surface area contributed by atoms with E-state index >= 15 is 0 Å². The van der Waals surface area contributed by atoms with Crippen molar-refractivity contribution in [2.75, 3.05) is 32.1 Å². The topological polar surface area (TPSA) is 67.6 Å². The predicted octanol–water partition coefficient (Wildman–Crippen LogP) is 0.643. The zero-order valence-electron chi connectivity index (χ0n) is 11.7. The molecule has 0 aromatic carbocycles. The van der Waals surface area contributed by atoms with E-state index in [4.69, 9.17) is 9.84 Å². The van der Waals surface area contributed by atoms with Gasteiger partial charge in [-0.2, -0.15) is 0 Å². The molecular formula is C13H21N3O3S. The molecule has 2 heterocycles. The van der Waals surface area contributed by atoms with Crippen LogP contribution >= 0.6 is 11.8 Å². The van der Waals surface area contributed by atoms with Gasteiger partial charge in [0.05, 0.1) is 31.7 Å². The van der Waals surface area contributed by atoms with Crippen LogP contribution in [0.5, 0.6) is 0 Å². The number of thioether (sulfide) groups is 1. The number of aliphatic hydroxyl groups excluding tert-OH is 1. The average Bonchev–Trinajstić information content (AvgIpc) is 2.84. The van der Waals surface area contributed by atoms with Crippen molar-refractivity contribution in [2.24, 2.45) is 7.05 Å². The van der Waals surface area contributed by atoms with Gasteiger partial charge in [0.25, 0.3) is 0 Å². The first kappa shape index (κ1) is 15.3. The molecule has 1 saturated heterocycles. The molecule has 1 aliphatic rings. The number of nitrogens with zero attached hydrogens (tertiary/aromatic N) is 3. The summed E-state index contributed by atoms with van der Waals surface area (Å²) in [7, 11) is 1.89. The van der Waals surface area contributed by atoms with Crippen LogP contribution in [-0.4, -0.2) is 57.5 Å². The highest BCUT2D eigenvalue weighted by Gasteiger charge is 2.16. The lowest BCUT2D eigenvalue weighted by Crippen LogP contribution is -2.40. The fourth-order valence-electron chi connectivity index (χ4n) is 2.06.